The summed E-state index contributed by atoms with van der Waals surface area (Å²) in [6.45, 7) is 1.08. The lowest BCUT2D eigenvalue weighted by Crippen LogP contribution is -1.89. The molecule has 0 fully saturated rings. The van der Waals surface area contributed by atoms with E-state index in [0.29, 0.717) is 0 Å². The fourth-order valence-electron chi connectivity index (χ4n) is 3.41. The molecule has 2 aromatic carbocycles. The van der Waals surface area contributed by atoms with Crippen LogP contribution in [0.4, 0.5) is 4.39 Å². The highest BCUT2D eigenvalue weighted by molar-refractivity contribution is 7.98. The van der Waals surface area contributed by atoms with Gasteiger partial charge in [-0.25, -0.2) is 4.39 Å². The molecule has 1 aromatic heterocycles. The Labute approximate surface area is 140 Å². The van der Waals surface area contributed by atoms with Crippen LogP contribution in [0.2, 0.25) is 0 Å². The highest BCUT2D eigenvalue weighted by Gasteiger charge is 2.21. The Morgan fingerprint density at radius 3 is 2.35 bits per heavy atom. The lowest BCUT2D eigenvalue weighted by Gasteiger charge is -2.08. The molecule has 0 bridgehead atoms. The summed E-state index contributed by atoms with van der Waals surface area (Å²) in [5, 5.41) is 0. The number of hydrogen-bond donors (Lipinski definition) is 0. The summed E-state index contributed by atoms with van der Waals surface area (Å²) in [7, 11) is 0. The highest BCUT2D eigenvalue weighted by atomic mass is 32.2. The number of aromatic nitrogens is 1. The van der Waals surface area contributed by atoms with Crippen molar-refractivity contribution in [2.75, 3.05) is 6.26 Å². The average Bonchev–Trinajstić information content (AvgIpc) is 3.17. The molecular weight excluding hydrogens is 305 g/mol. The Morgan fingerprint density at radius 1 is 0.957 bits per heavy atom. The van der Waals surface area contributed by atoms with E-state index < -0.39 is 0 Å². The molecule has 0 radical (unpaired) electrons. The van der Waals surface area contributed by atoms with E-state index in [1.807, 2.05) is 12.1 Å². The molecule has 0 atom stereocenters. The third kappa shape index (κ3) is 2.59. The number of thioether (sulfide) groups is 1. The standard InChI is InChI=1S/C20H18FNS/c1-23-17-10-6-14(7-11-17)18-13-22-12-2-3-19(22)20(18)15-4-8-16(21)9-5-15/h4-11,13H,2-3,12H2,1H3. The van der Waals surface area contributed by atoms with E-state index >= 15 is 0 Å². The van der Waals surface area contributed by atoms with Crippen LogP contribution in [0, 0.1) is 5.82 Å². The van der Waals surface area contributed by atoms with Crippen molar-refractivity contribution in [2.45, 2.75) is 24.3 Å². The SMILES string of the molecule is CSc1ccc(-c2cn3c(c2-c2ccc(F)cc2)CCC3)cc1. The van der Waals surface area contributed by atoms with Gasteiger partial charge in [0.2, 0.25) is 0 Å². The molecule has 23 heavy (non-hydrogen) atoms. The van der Waals surface area contributed by atoms with Gasteiger partial charge in [0.05, 0.1) is 0 Å². The first kappa shape index (κ1) is 14.6. The number of nitrogens with zero attached hydrogens (tertiary/aromatic N) is 1. The Hall–Kier alpha value is -2.00. The summed E-state index contributed by atoms with van der Waals surface area (Å²) in [6, 6.07) is 15.6. The second-order valence-electron chi connectivity index (χ2n) is 5.90. The van der Waals surface area contributed by atoms with E-state index in [1.165, 1.54) is 33.7 Å². The lowest BCUT2D eigenvalue weighted by molar-refractivity contribution is 0.628. The van der Waals surface area contributed by atoms with Gasteiger partial charge in [-0.3, -0.25) is 0 Å². The normalized spacial score (nSPS) is 13.3. The van der Waals surface area contributed by atoms with Crippen molar-refractivity contribution in [1.29, 1.82) is 0 Å². The van der Waals surface area contributed by atoms with E-state index in [4.69, 9.17) is 0 Å². The fourth-order valence-corrected chi connectivity index (χ4v) is 3.82. The van der Waals surface area contributed by atoms with Gasteiger partial charge < -0.3 is 4.57 Å². The van der Waals surface area contributed by atoms with Crippen LogP contribution < -0.4 is 0 Å². The molecule has 1 aliphatic rings. The topological polar surface area (TPSA) is 4.93 Å². The summed E-state index contributed by atoms with van der Waals surface area (Å²) >= 11 is 1.75. The third-order valence-electron chi connectivity index (χ3n) is 4.54. The predicted molar refractivity (Wildman–Crippen MR) is 95.4 cm³/mol. The molecule has 0 saturated carbocycles. The minimum Gasteiger partial charge on any atom is -0.350 e. The molecule has 1 nitrogen and oxygen atoms in total. The molecule has 0 spiro atoms. The maximum atomic E-state index is 13.3. The monoisotopic (exact) mass is 323 g/mol. The zero-order valence-corrected chi connectivity index (χ0v) is 13.9. The molecule has 3 aromatic rings. The van der Waals surface area contributed by atoms with Gasteiger partial charge in [0.15, 0.2) is 0 Å². The number of aryl methyl sites for hydroxylation is 1. The van der Waals surface area contributed by atoms with Crippen LogP contribution in [0.25, 0.3) is 22.3 Å². The minimum absolute atomic E-state index is 0.185. The van der Waals surface area contributed by atoms with Crippen LogP contribution in [-0.2, 0) is 13.0 Å². The molecule has 4 rings (SSSR count). The van der Waals surface area contributed by atoms with Gasteiger partial charge in [-0.05, 0) is 54.5 Å². The molecule has 0 amide bonds. The summed E-state index contributed by atoms with van der Waals surface area (Å²) in [5.74, 6) is -0.185. The van der Waals surface area contributed by atoms with Crippen LogP contribution in [-0.4, -0.2) is 10.8 Å². The fraction of sp³-hybridized carbons (Fsp3) is 0.200. The molecule has 0 saturated heterocycles. The number of fused-ring (bicyclic) bond motifs is 1. The van der Waals surface area contributed by atoms with E-state index in [1.54, 1.807) is 23.9 Å². The lowest BCUT2D eigenvalue weighted by atomic mass is 9.96. The molecule has 0 N–H and O–H groups in total. The Balaban J connectivity index is 1.88. The smallest absolute Gasteiger partial charge is 0.123 e. The van der Waals surface area contributed by atoms with E-state index in [0.717, 1.165) is 18.5 Å². The van der Waals surface area contributed by atoms with Gasteiger partial charge in [0.1, 0.15) is 5.82 Å². The van der Waals surface area contributed by atoms with Gasteiger partial charge >= 0.3 is 0 Å². The Bertz CT molecular complexity index is 831. The molecule has 1 aliphatic heterocycles. The van der Waals surface area contributed by atoms with Crippen molar-refractivity contribution in [2.24, 2.45) is 0 Å². The number of benzene rings is 2. The highest BCUT2D eigenvalue weighted by Crippen LogP contribution is 2.39. The molecular formula is C20H18FNS. The van der Waals surface area contributed by atoms with Crippen molar-refractivity contribution >= 4 is 11.8 Å². The summed E-state index contributed by atoms with van der Waals surface area (Å²) in [5.41, 5.74) is 6.22. The van der Waals surface area contributed by atoms with Crippen molar-refractivity contribution in [3.05, 3.63) is 66.2 Å². The van der Waals surface area contributed by atoms with Gasteiger partial charge in [-0.1, -0.05) is 24.3 Å². The molecule has 116 valence electrons. The summed E-state index contributed by atoms with van der Waals surface area (Å²) in [6.07, 6.45) is 6.63. The maximum Gasteiger partial charge on any atom is 0.123 e. The van der Waals surface area contributed by atoms with Crippen molar-refractivity contribution in [3.8, 4) is 22.3 Å². The number of rotatable bonds is 3. The Kier molecular flexibility index (Phi) is 3.74. The quantitative estimate of drug-likeness (QED) is 0.566. The van der Waals surface area contributed by atoms with Gasteiger partial charge in [-0.15, -0.1) is 11.8 Å². The Morgan fingerprint density at radius 2 is 1.65 bits per heavy atom. The van der Waals surface area contributed by atoms with Crippen molar-refractivity contribution in [1.82, 2.24) is 4.57 Å². The zero-order chi connectivity index (χ0) is 15.8. The van der Waals surface area contributed by atoms with Crippen LogP contribution in [0.5, 0.6) is 0 Å². The second-order valence-corrected chi connectivity index (χ2v) is 6.78. The largest absolute Gasteiger partial charge is 0.350 e. The summed E-state index contributed by atoms with van der Waals surface area (Å²) < 4.78 is 15.7. The first-order valence-electron chi connectivity index (χ1n) is 7.88. The van der Waals surface area contributed by atoms with Crippen molar-refractivity contribution in [3.63, 3.8) is 0 Å². The zero-order valence-electron chi connectivity index (χ0n) is 13.1. The summed E-state index contributed by atoms with van der Waals surface area (Å²) in [4.78, 5) is 1.27. The first-order chi connectivity index (χ1) is 11.3. The van der Waals surface area contributed by atoms with E-state index in [-0.39, 0.29) is 5.82 Å². The van der Waals surface area contributed by atoms with Crippen LogP contribution in [0.1, 0.15) is 12.1 Å². The predicted octanol–water partition coefficient (Wildman–Crippen LogP) is 5.63. The molecule has 0 aliphatic carbocycles. The van der Waals surface area contributed by atoms with Crippen LogP contribution in [0.15, 0.2) is 59.6 Å². The third-order valence-corrected chi connectivity index (χ3v) is 5.28. The minimum atomic E-state index is -0.185. The number of hydrogen-bond acceptors (Lipinski definition) is 1. The average molecular weight is 323 g/mol. The second kappa shape index (κ2) is 5.89. The van der Waals surface area contributed by atoms with Crippen LogP contribution in [0.3, 0.4) is 0 Å². The maximum absolute atomic E-state index is 13.3. The van der Waals surface area contributed by atoms with Crippen LogP contribution >= 0.6 is 11.8 Å². The van der Waals surface area contributed by atoms with E-state index in [9.17, 15) is 4.39 Å². The van der Waals surface area contributed by atoms with Crippen molar-refractivity contribution < 1.29 is 4.39 Å². The first-order valence-corrected chi connectivity index (χ1v) is 9.11. The van der Waals surface area contributed by atoms with Gasteiger partial charge in [0, 0.05) is 34.5 Å². The van der Waals surface area contributed by atoms with Gasteiger partial charge in [-0.2, -0.15) is 0 Å². The van der Waals surface area contributed by atoms with E-state index in [2.05, 4.69) is 41.3 Å². The molecule has 0 unspecified atom stereocenters. The molecule has 3 heteroatoms. The number of halogens is 1. The van der Waals surface area contributed by atoms with Gasteiger partial charge in [0.25, 0.3) is 0 Å². The molecule has 2 heterocycles.